The summed E-state index contributed by atoms with van der Waals surface area (Å²) in [4.78, 5) is 4.06. The van der Waals surface area contributed by atoms with Crippen molar-refractivity contribution in [3.63, 3.8) is 0 Å². The zero-order valence-electron chi connectivity index (χ0n) is 11.5. The molecular weight excluding hydrogens is 242 g/mol. The van der Waals surface area contributed by atoms with Crippen LogP contribution in [0.15, 0.2) is 11.4 Å². The average molecular weight is 265 g/mol. The Morgan fingerprint density at radius 1 is 1.61 bits per heavy atom. The van der Waals surface area contributed by atoms with Gasteiger partial charge in [0.15, 0.2) is 0 Å². The van der Waals surface area contributed by atoms with Crippen LogP contribution in [-0.2, 0) is 6.42 Å². The van der Waals surface area contributed by atoms with Crippen molar-refractivity contribution >= 4 is 17.2 Å². The third-order valence-electron chi connectivity index (χ3n) is 4.16. The SMILES string of the molecule is CC1c2ccsc2CCN1CCC(C)(C)C(=N)N. The maximum absolute atomic E-state index is 7.62. The topological polar surface area (TPSA) is 53.1 Å². The van der Waals surface area contributed by atoms with Crippen LogP contribution in [0.3, 0.4) is 0 Å². The molecule has 0 aromatic carbocycles. The summed E-state index contributed by atoms with van der Waals surface area (Å²) in [6, 6.07) is 2.76. The summed E-state index contributed by atoms with van der Waals surface area (Å²) in [5.41, 5.74) is 6.95. The molecule has 18 heavy (non-hydrogen) atoms. The van der Waals surface area contributed by atoms with E-state index in [4.69, 9.17) is 11.1 Å². The summed E-state index contributed by atoms with van der Waals surface area (Å²) in [6.07, 6.45) is 2.12. The quantitative estimate of drug-likeness (QED) is 0.649. The molecule has 3 N–H and O–H groups in total. The number of hydrogen-bond acceptors (Lipinski definition) is 3. The Hall–Kier alpha value is -0.870. The highest BCUT2D eigenvalue weighted by Gasteiger charge is 2.28. The highest BCUT2D eigenvalue weighted by atomic mass is 32.1. The van der Waals surface area contributed by atoms with Gasteiger partial charge in [-0.2, -0.15) is 0 Å². The van der Waals surface area contributed by atoms with Crippen molar-refractivity contribution in [3.8, 4) is 0 Å². The Morgan fingerprint density at radius 2 is 2.33 bits per heavy atom. The van der Waals surface area contributed by atoms with E-state index in [1.807, 2.05) is 11.3 Å². The van der Waals surface area contributed by atoms with E-state index in [-0.39, 0.29) is 5.41 Å². The van der Waals surface area contributed by atoms with Crippen LogP contribution < -0.4 is 5.73 Å². The van der Waals surface area contributed by atoms with Gasteiger partial charge in [-0.25, -0.2) is 0 Å². The van der Waals surface area contributed by atoms with Crippen molar-refractivity contribution in [3.05, 3.63) is 21.9 Å². The summed E-state index contributed by atoms with van der Waals surface area (Å²) in [5, 5.41) is 9.82. The fourth-order valence-corrected chi connectivity index (χ4v) is 3.39. The molecule has 1 aliphatic heterocycles. The Kier molecular flexibility index (Phi) is 3.78. The Bertz CT molecular complexity index is 436. The second-order valence-electron chi connectivity index (χ2n) is 5.81. The monoisotopic (exact) mass is 265 g/mol. The predicted octanol–water partition coefficient (Wildman–Crippen LogP) is 3.02. The molecule has 3 nitrogen and oxygen atoms in total. The molecule has 1 unspecified atom stereocenters. The number of fused-ring (bicyclic) bond motifs is 1. The van der Waals surface area contributed by atoms with Crippen LogP contribution in [0.1, 0.15) is 43.7 Å². The van der Waals surface area contributed by atoms with Crippen LogP contribution in [0.5, 0.6) is 0 Å². The summed E-state index contributed by atoms with van der Waals surface area (Å²) in [7, 11) is 0. The molecule has 0 spiro atoms. The van der Waals surface area contributed by atoms with E-state index in [1.54, 1.807) is 4.88 Å². The van der Waals surface area contributed by atoms with E-state index in [2.05, 4.69) is 37.1 Å². The van der Waals surface area contributed by atoms with Crippen molar-refractivity contribution in [2.75, 3.05) is 13.1 Å². The molecule has 2 heterocycles. The summed E-state index contributed by atoms with van der Waals surface area (Å²) >= 11 is 1.88. The lowest BCUT2D eigenvalue weighted by Gasteiger charge is -2.35. The minimum atomic E-state index is -0.186. The molecule has 0 fully saturated rings. The second-order valence-corrected chi connectivity index (χ2v) is 6.81. The Balaban J connectivity index is 1.98. The summed E-state index contributed by atoms with van der Waals surface area (Å²) in [6.45, 7) is 8.54. The van der Waals surface area contributed by atoms with Gasteiger partial charge in [0.05, 0.1) is 5.84 Å². The van der Waals surface area contributed by atoms with Crippen molar-refractivity contribution in [2.45, 2.75) is 39.7 Å². The Labute approximate surface area is 114 Å². The maximum atomic E-state index is 7.62. The predicted molar refractivity (Wildman–Crippen MR) is 78.3 cm³/mol. The van der Waals surface area contributed by atoms with E-state index in [9.17, 15) is 0 Å². The van der Waals surface area contributed by atoms with E-state index in [0.29, 0.717) is 11.9 Å². The first-order chi connectivity index (χ1) is 8.42. The van der Waals surface area contributed by atoms with Crippen LogP contribution in [0, 0.1) is 10.8 Å². The fraction of sp³-hybridized carbons (Fsp3) is 0.643. The summed E-state index contributed by atoms with van der Waals surface area (Å²) < 4.78 is 0. The van der Waals surface area contributed by atoms with Crippen LogP contribution in [0.25, 0.3) is 0 Å². The number of hydrogen-bond donors (Lipinski definition) is 2. The summed E-state index contributed by atoms with van der Waals surface area (Å²) in [5.74, 6) is 0.295. The van der Waals surface area contributed by atoms with Gasteiger partial charge in [-0.05, 0) is 43.3 Å². The third-order valence-corrected chi connectivity index (χ3v) is 5.15. The molecule has 2 rings (SSSR count). The average Bonchev–Trinajstić information content (AvgIpc) is 2.77. The first kappa shape index (κ1) is 13.6. The third kappa shape index (κ3) is 2.59. The molecule has 4 heteroatoms. The van der Waals surface area contributed by atoms with Gasteiger partial charge in [0, 0.05) is 22.9 Å². The van der Waals surface area contributed by atoms with Crippen LogP contribution in [-0.4, -0.2) is 23.8 Å². The molecule has 1 aromatic heterocycles. The highest BCUT2D eigenvalue weighted by molar-refractivity contribution is 7.10. The van der Waals surface area contributed by atoms with Gasteiger partial charge in [-0.15, -0.1) is 11.3 Å². The molecule has 1 aromatic rings. The second kappa shape index (κ2) is 5.02. The van der Waals surface area contributed by atoms with Crippen LogP contribution in [0.4, 0.5) is 0 Å². The van der Waals surface area contributed by atoms with Crippen molar-refractivity contribution in [2.24, 2.45) is 11.1 Å². The molecule has 0 aliphatic carbocycles. The van der Waals surface area contributed by atoms with Crippen molar-refractivity contribution in [1.29, 1.82) is 5.41 Å². The molecule has 0 saturated heterocycles. The van der Waals surface area contributed by atoms with Gasteiger partial charge in [0.1, 0.15) is 0 Å². The van der Waals surface area contributed by atoms with Gasteiger partial charge < -0.3 is 5.73 Å². The first-order valence-electron chi connectivity index (χ1n) is 6.56. The lowest BCUT2D eigenvalue weighted by molar-refractivity contribution is 0.182. The molecule has 0 radical (unpaired) electrons. The van der Waals surface area contributed by atoms with E-state index in [1.165, 1.54) is 5.56 Å². The minimum absolute atomic E-state index is 0.186. The van der Waals surface area contributed by atoms with Gasteiger partial charge in [0.25, 0.3) is 0 Å². The molecule has 0 saturated carbocycles. The molecule has 1 aliphatic rings. The number of nitrogens with zero attached hydrogens (tertiary/aromatic N) is 1. The molecule has 100 valence electrons. The lowest BCUT2D eigenvalue weighted by Crippen LogP contribution is -2.39. The molecular formula is C14H23N3S. The zero-order valence-corrected chi connectivity index (χ0v) is 12.3. The number of nitrogens with two attached hydrogens (primary N) is 1. The molecule has 0 amide bonds. The van der Waals surface area contributed by atoms with Gasteiger partial charge in [-0.3, -0.25) is 10.3 Å². The molecule has 1 atom stereocenters. The highest BCUT2D eigenvalue weighted by Crippen LogP contribution is 2.33. The standard InChI is InChI=1S/C14H23N3S/c1-10-11-5-9-18-12(11)4-7-17(10)8-6-14(2,3)13(15)16/h5,9-10H,4,6-8H2,1-3H3,(H3,15,16). The normalized spacial score (nSPS) is 20.7. The smallest absolute Gasteiger partial charge is 0.0963 e. The van der Waals surface area contributed by atoms with E-state index < -0.39 is 0 Å². The number of rotatable bonds is 4. The zero-order chi connectivity index (χ0) is 13.3. The van der Waals surface area contributed by atoms with Crippen molar-refractivity contribution < 1.29 is 0 Å². The lowest BCUT2D eigenvalue weighted by atomic mass is 9.87. The number of thiophene rings is 1. The van der Waals surface area contributed by atoms with E-state index in [0.717, 1.165) is 25.9 Å². The van der Waals surface area contributed by atoms with Crippen molar-refractivity contribution in [1.82, 2.24) is 4.90 Å². The van der Waals surface area contributed by atoms with Gasteiger partial charge in [-0.1, -0.05) is 13.8 Å². The van der Waals surface area contributed by atoms with E-state index >= 15 is 0 Å². The minimum Gasteiger partial charge on any atom is -0.387 e. The van der Waals surface area contributed by atoms with Crippen LogP contribution in [0.2, 0.25) is 0 Å². The van der Waals surface area contributed by atoms with Gasteiger partial charge >= 0.3 is 0 Å². The number of nitrogens with one attached hydrogen (secondary N) is 1. The fourth-order valence-electron chi connectivity index (χ4n) is 2.42. The van der Waals surface area contributed by atoms with Crippen LogP contribution >= 0.6 is 11.3 Å². The molecule has 0 bridgehead atoms. The van der Waals surface area contributed by atoms with Gasteiger partial charge in [0.2, 0.25) is 0 Å². The Morgan fingerprint density at radius 3 is 3.00 bits per heavy atom. The number of amidine groups is 1. The largest absolute Gasteiger partial charge is 0.387 e. The maximum Gasteiger partial charge on any atom is 0.0963 e. The first-order valence-corrected chi connectivity index (χ1v) is 7.44.